The van der Waals surface area contributed by atoms with Crippen LogP contribution in [0.25, 0.3) is 0 Å². The van der Waals surface area contributed by atoms with Gasteiger partial charge in [-0.25, -0.2) is 4.79 Å². The highest BCUT2D eigenvalue weighted by molar-refractivity contribution is 8.00. The van der Waals surface area contributed by atoms with E-state index < -0.39 is 28.2 Å². The Labute approximate surface area is 192 Å². The molecule has 2 N–H and O–H groups in total. The minimum atomic E-state index is -0.890. The average Bonchev–Trinajstić information content (AvgIpc) is 2.81. The zero-order valence-electron chi connectivity index (χ0n) is 17.2. The van der Waals surface area contributed by atoms with Crippen LogP contribution in [0.15, 0.2) is 66.1 Å². The Hall–Kier alpha value is -3.86. The van der Waals surface area contributed by atoms with E-state index >= 15 is 0 Å². The second kappa shape index (κ2) is 9.33. The van der Waals surface area contributed by atoms with Gasteiger partial charge in [0.25, 0.3) is 11.6 Å². The number of hydrogen-bond acceptors (Lipinski definition) is 8. The lowest BCUT2D eigenvalue weighted by molar-refractivity contribution is -0.384. The number of ether oxygens (including phenoxy) is 1. The number of nitro benzene ring substituents is 1. The molecule has 1 unspecified atom stereocenters. The van der Waals surface area contributed by atoms with E-state index in [4.69, 9.17) is 4.74 Å². The van der Waals surface area contributed by atoms with Crippen molar-refractivity contribution in [3.8, 4) is 0 Å². The Bertz CT molecular complexity index is 1130. The molecule has 1 fully saturated rings. The first-order valence-corrected chi connectivity index (χ1v) is 11.0. The van der Waals surface area contributed by atoms with Crippen molar-refractivity contribution in [3.05, 3.63) is 87.3 Å². The topological polar surface area (TPSA) is 139 Å². The maximum atomic E-state index is 12.7. The summed E-state index contributed by atoms with van der Waals surface area (Å²) in [6.07, 6.45) is 0.118. The fraction of sp³-hybridized carbons (Fsp3) is 0.227. The number of nitrogens with zero attached hydrogens (tertiary/aromatic N) is 2. The molecule has 0 bridgehead atoms. The minimum absolute atomic E-state index is 0.0848. The molecule has 0 saturated carbocycles. The van der Waals surface area contributed by atoms with E-state index in [-0.39, 0.29) is 41.8 Å². The van der Waals surface area contributed by atoms with Crippen LogP contribution in [-0.2, 0) is 32.1 Å². The third-order valence-corrected chi connectivity index (χ3v) is 6.45. The molecule has 2 heterocycles. The van der Waals surface area contributed by atoms with Gasteiger partial charge >= 0.3 is 5.97 Å². The number of hydrogen-bond donors (Lipinski definition) is 2. The first-order chi connectivity index (χ1) is 15.8. The van der Waals surface area contributed by atoms with Gasteiger partial charge in [-0.3, -0.25) is 24.6 Å². The molecule has 0 aliphatic carbocycles. The van der Waals surface area contributed by atoms with E-state index in [0.29, 0.717) is 5.56 Å². The summed E-state index contributed by atoms with van der Waals surface area (Å²) in [7, 11) is 0. The molecule has 4 rings (SSSR count). The lowest BCUT2D eigenvalue weighted by atomic mass is 10.0. The number of rotatable bonds is 7. The fourth-order valence-electron chi connectivity index (χ4n) is 3.53. The first-order valence-electron chi connectivity index (χ1n) is 9.95. The third kappa shape index (κ3) is 4.67. The van der Waals surface area contributed by atoms with Crippen LogP contribution < -0.4 is 5.32 Å². The molecule has 0 spiro atoms. The van der Waals surface area contributed by atoms with Crippen LogP contribution in [-0.4, -0.2) is 49.9 Å². The summed E-state index contributed by atoms with van der Waals surface area (Å²) in [5.74, 6) is -1.92. The molecule has 2 atom stereocenters. The van der Waals surface area contributed by atoms with Crippen LogP contribution in [0.5, 0.6) is 0 Å². The SMILES string of the molecule is O=C(Cc1ccccc1)NC1C(=O)N2C(C(=O)OCc3ccc([N+](=O)[O-])cc3)=C(O)CS[C@H]12. The summed E-state index contributed by atoms with van der Waals surface area (Å²) >= 11 is 1.23. The van der Waals surface area contributed by atoms with Gasteiger partial charge in [-0.2, -0.15) is 0 Å². The molecule has 1 saturated heterocycles. The van der Waals surface area contributed by atoms with E-state index in [2.05, 4.69) is 5.32 Å². The highest BCUT2D eigenvalue weighted by Crippen LogP contribution is 2.40. The Morgan fingerprint density at radius 2 is 1.85 bits per heavy atom. The molecule has 0 aromatic heterocycles. The molecule has 0 radical (unpaired) electrons. The number of carbonyl (C=O) groups is 3. The van der Waals surface area contributed by atoms with Gasteiger partial charge in [0.2, 0.25) is 5.91 Å². The largest absolute Gasteiger partial charge is 0.509 e. The molecular formula is C22H19N3O7S. The number of esters is 1. The predicted octanol–water partition coefficient (Wildman–Crippen LogP) is 2.05. The van der Waals surface area contributed by atoms with Crippen LogP contribution in [0.3, 0.4) is 0 Å². The maximum Gasteiger partial charge on any atom is 0.358 e. The zero-order valence-corrected chi connectivity index (χ0v) is 18.0. The van der Waals surface area contributed by atoms with Crippen molar-refractivity contribution in [2.45, 2.75) is 24.4 Å². The summed E-state index contributed by atoms with van der Waals surface area (Å²) in [6.45, 7) is -0.190. The van der Waals surface area contributed by atoms with Crippen LogP contribution in [0.4, 0.5) is 5.69 Å². The lowest BCUT2D eigenvalue weighted by Crippen LogP contribution is -2.70. The van der Waals surface area contributed by atoms with Crippen molar-refractivity contribution in [2.75, 3.05) is 5.75 Å². The van der Waals surface area contributed by atoms with Gasteiger partial charge < -0.3 is 15.2 Å². The summed E-state index contributed by atoms with van der Waals surface area (Å²) in [4.78, 5) is 49.0. The number of carbonyl (C=O) groups excluding carboxylic acids is 3. The van der Waals surface area contributed by atoms with Gasteiger partial charge in [-0.05, 0) is 23.3 Å². The monoisotopic (exact) mass is 469 g/mol. The molecule has 10 nitrogen and oxygen atoms in total. The van der Waals surface area contributed by atoms with Gasteiger partial charge in [0.1, 0.15) is 23.8 Å². The van der Waals surface area contributed by atoms with Gasteiger partial charge in [0.15, 0.2) is 5.70 Å². The van der Waals surface area contributed by atoms with E-state index in [0.717, 1.165) is 10.5 Å². The Morgan fingerprint density at radius 3 is 2.52 bits per heavy atom. The Balaban J connectivity index is 1.37. The van der Waals surface area contributed by atoms with E-state index in [1.54, 1.807) is 0 Å². The third-order valence-electron chi connectivity index (χ3n) is 5.18. The Morgan fingerprint density at radius 1 is 1.15 bits per heavy atom. The van der Waals surface area contributed by atoms with E-state index in [9.17, 15) is 29.6 Å². The van der Waals surface area contributed by atoms with Gasteiger partial charge in [0.05, 0.1) is 17.1 Å². The minimum Gasteiger partial charge on any atom is -0.509 e. The normalized spacial score (nSPS) is 19.4. The number of aliphatic hydroxyl groups excluding tert-OH is 1. The molecule has 2 aromatic carbocycles. The van der Waals surface area contributed by atoms with Crippen LogP contribution >= 0.6 is 11.8 Å². The molecule has 2 aromatic rings. The predicted molar refractivity (Wildman–Crippen MR) is 118 cm³/mol. The number of non-ortho nitro benzene ring substituents is 1. The number of β-lactam (4-membered cyclic amide) rings is 1. The maximum absolute atomic E-state index is 12.7. The summed E-state index contributed by atoms with van der Waals surface area (Å²) < 4.78 is 5.22. The van der Waals surface area contributed by atoms with E-state index in [1.807, 2.05) is 30.3 Å². The van der Waals surface area contributed by atoms with Gasteiger partial charge in [0, 0.05) is 12.1 Å². The number of nitro groups is 1. The molecule has 2 amide bonds. The summed E-state index contributed by atoms with van der Waals surface area (Å²) in [5, 5.41) is 23.1. The highest BCUT2D eigenvalue weighted by atomic mass is 32.2. The molecule has 11 heteroatoms. The zero-order chi connectivity index (χ0) is 23.5. The van der Waals surface area contributed by atoms with Crippen molar-refractivity contribution in [1.29, 1.82) is 0 Å². The average molecular weight is 469 g/mol. The van der Waals surface area contributed by atoms with Crippen LogP contribution in [0, 0.1) is 10.1 Å². The van der Waals surface area contributed by atoms with Crippen LogP contribution in [0.2, 0.25) is 0 Å². The van der Waals surface area contributed by atoms with Crippen molar-refractivity contribution in [1.82, 2.24) is 10.2 Å². The van der Waals surface area contributed by atoms with Crippen molar-refractivity contribution < 1.29 is 29.2 Å². The lowest BCUT2D eigenvalue weighted by Gasteiger charge is -2.48. The number of thioether (sulfide) groups is 1. The molecule has 2 aliphatic heterocycles. The molecule has 33 heavy (non-hydrogen) atoms. The standard InChI is InChI=1S/C22H19N3O7S/c26-16-12-33-21-18(23-17(27)10-13-4-2-1-3-5-13)20(28)24(21)19(16)22(29)32-11-14-6-8-15(9-7-14)25(30)31/h1-9,18,21,26H,10-12H2,(H,23,27)/t18?,21-/m1/s1. The molecule has 2 aliphatic rings. The first kappa shape index (κ1) is 22.3. The number of benzene rings is 2. The van der Waals surface area contributed by atoms with Crippen molar-refractivity contribution in [2.24, 2.45) is 0 Å². The fourth-order valence-corrected chi connectivity index (χ4v) is 4.73. The van der Waals surface area contributed by atoms with E-state index in [1.165, 1.54) is 36.0 Å². The number of aliphatic hydroxyl groups is 1. The van der Waals surface area contributed by atoms with Crippen LogP contribution in [0.1, 0.15) is 11.1 Å². The second-order valence-corrected chi connectivity index (χ2v) is 8.52. The molecule has 170 valence electrons. The number of nitrogens with one attached hydrogen (secondary N) is 1. The van der Waals surface area contributed by atoms with Crippen molar-refractivity contribution >= 4 is 35.2 Å². The van der Waals surface area contributed by atoms with Crippen molar-refractivity contribution in [3.63, 3.8) is 0 Å². The summed E-state index contributed by atoms with van der Waals surface area (Å²) in [5.41, 5.74) is 0.975. The number of amides is 2. The molecular weight excluding hydrogens is 450 g/mol. The summed E-state index contributed by atoms with van der Waals surface area (Å²) in [6, 6.07) is 13.8. The highest BCUT2D eigenvalue weighted by Gasteiger charge is 2.54. The van der Waals surface area contributed by atoms with Gasteiger partial charge in [-0.1, -0.05) is 30.3 Å². The Kier molecular flexibility index (Phi) is 6.31. The smallest absolute Gasteiger partial charge is 0.358 e. The quantitative estimate of drug-likeness (QED) is 0.272. The second-order valence-electron chi connectivity index (χ2n) is 7.41. The number of fused-ring (bicyclic) bond motifs is 1. The van der Waals surface area contributed by atoms with Gasteiger partial charge in [-0.15, -0.1) is 11.8 Å².